The number of nitrogens with zero attached hydrogens (tertiary/aromatic N) is 2. The zero-order valence-corrected chi connectivity index (χ0v) is 19.2. The van der Waals surface area contributed by atoms with E-state index >= 15 is 0 Å². The molecular weight excluding hydrogens is 420 g/mol. The SMILES string of the molecule is COc1cccc(CN2CCC(NC(=O)[C@H](C)NS(=O)(=O)c3c(C)noc3C)CC2)c1. The Morgan fingerprint density at radius 3 is 2.65 bits per heavy atom. The first-order chi connectivity index (χ1) is 14.7. The van der Waals surface area contributed by atoms with Crippen LogP contribution in [0, 0.1) is 13.8 Å². The predicted octanol–water partition coefficient (Wildman–Crippen LogP) is 1.75. The van der Waals surface area contributed by atoms with Crippen LogP contribution in [0.25, 0.3) is 0 Å². The van der Waals surface area contributed by atoms with Gasteiger partial charge in [-0.3, -0.25) is 9.69 Å². The first-order valence-electron chi connectivity index (χ1n) is 10.3. The largest absolute Gasteiger partial charge is 0.497 e. The van der Waals surface area contributed by atoms with Gasteiger partial charge in [0.05, 0.1) is 13.2 Å². The van der Waals surface area contributed by atoms with Crippen molar-refractivity contribution in [1.82, 2.24) is 20.1 Å². The quantitative estimate of drug-likeness (QED) is 0.630. The van der Waals surface area contributed by atoms with E-state index in [9.17, 15) is 13.2 Å². The minimum absolute atomic E-state index is 0.0140. The molecule has 1 aromatic heterocycles. The van der Waals surface area contributed by atoms with Gasteiger partial charge in [-0.05, 0) is 51.3 Å². The lowest BCUT2D eigenvalue weighted by atomic mass is 10.0. The van der Waals surface area contributed by atoms with Gasteiger partial charge in [0.25, 0.3) is 0 Å². The first-order valence-corrected chi connectivity index (χ1v) is 11.8. The molecule has 2 N–H and O–H groups in total. The minimum atomic E-state index is -3.90. The fourth-order valence-corrected chi connectivity index (χ4v) is 5.33. The predicted molar refractivity (Wildman–Crippen MR) is 115 cm³/mol. The molecule has 1 aromatic carbocycles. The highest BCUT2D eigenvalue weighted by Gasteiger charge is 2.29. The van der Waals surface area contributed by atoms with Crippen LogP contribution in [0.4, 0.5) is 0 Å². The van der Waals surface area contributed by atoms with Gasteiger partial charge in [0, 0.05) is 25.7 Å². The number of nitrogens with one attached hydrogen (secondary N) is 2. The monoisotopic (exact) mass is 450 g/mol. The zero-order chi connectivity index (χ0) is 22.6. The molecule has 1 atom stereocenters. The number of aryl methyl sites for hydroxylation is 2. The van der Waals surface area contributed by atoms with Crippen molar-refractivity contribution in [3.8, 4) is 5.75 Å². The number of sulfonamides is 1. The molecule has 2 aromatic rings. The van der Waals surface area contributed by atoms with Crippen LogP contribution < -0.4 is 14.8 Å². The van der Waals surface area contributed by atoms with Crippen LogP contribution in [-0.4, -0.2) is 56.7 Å². The van der Waals surface area contributed by atoms with Gasteiger partial charge >= 0.3 is 0 Å². The molecule has 1 fully saturated rings. The van der Waals surface area contributed by atoms with Gasteiger partial charge in [-0.1, -0.05) is 17.3 Å². The lowest BCUT2D eigenvalue weighted by molar-refractivity contribution is -0.123. The van der Waals surface area contributed by atoms with Crippen molar-refractivity contribution in [3.63, 3.8) is 0 Å². The van der Waals surface area contributed by atoms with E-state index in [0.29, 0.717) is 0 Å². The second-order valence-electron chi connectivity index (χ2n) is 7.91. The van der Waals surface area contributed by atoms with Gasteiger partial charge < -0.3 is 14.6 Å². The number of benzene rings is 1. The van der Waals surface area contributed by atoms with E-state index < -0.39 is 16.1 Å². The van der Waals surface area contributed by atoms with Crippen LogP contribution in [0.1, 0.15) is 36.8 Å². The molecule has 9 nitrogen and oxygen atoms in total. The molecule has 0 bridgehead atoms. The maximum Gasteiger partial charge on any atom is 0.246 e. The Balaban J connectivity index is 1.49. The second-order valence-corrected chi connectivity index (χ2v) is 9.56. The van der Waals surface area contributed by atoms with Crippen molar-refractivity contribution >= 4 is 15.9 Å². The first kappa shape index (κ1) is 23.2. The number of carbonyl (C=O) groups excluding carboxylic acids is 1. The third-order valence-electron chi connectivity index (χ3n) is 5.44. The van der Waals surface area contributed by atoms with Crippen LogP contribution in [0.15, 0.2) is 33.7 Å². The number of hydrogen-bond acceptors (Lipinski definition) is 7. The van der Waals surface area contributed by atoms with Crippen LogP contribution in [0.2, 0.25) is 0 Å². The molecule has 10 heteroatoms. The number of amides is 1. The Bertz CT molecular complexity index is 993. The smallest absolute Gasteiger partial charge is 0.246 e. The number of ether oxygens (including phenoxy) is 1. The van der Waals surface area contributed by atoms with E-state index in [1.165, 1.54) is 19.4 Å². The maximum absolute atomic E-state index is 12.6. The van der Waals surface area contributed by atoms with Crippen LogP contribution in [-0.2, 0) is 21.4 Å². The summed E-state index contributed by atoms with van der Waals surface area (Å²) in [4.78, 5) is 14.9. The fraction of sp³-hybridized carbons (Fsp3) is 0.524. The van der Waals surface area contributed by atoms with E-state index in [-0.39, 0.29) is 28.3 Å². The fourth-order valence-electron chi connectivity index (χ4n) is 3.79. The number of hydrogen-bond donors (Lipinski definition) is 2. The van der Waals surface area contributed by atoms with E-state index in [0.717, 1.165) is 38.2 Å². The van der Waals surface area contributed by atoms with Crippen LogP contribution >= 0.6 is 0 Å². The summed E-state index contributed by atoms with van der Waals surface area (Å²) in [7, 11) is -2.24. The number of aromatic nitrogens is 1. The number of methoxy groups -OCH3 is 1. The summed E-state index contributed by atoms with van der Waals surface area (Å²) in [6, 6.07) is 7.11. The number of likely N-dealkylation sites (tertiary alicyclic amines) is 1. The second kappa shape index (κ2) is 9.80. The highest BCUT2D eigenvalue weighted by atomic mass is 32.2. The third kappa shape index (κ3) is 5.84. The standard InChI is InChI=1S/C21H30N4O5S/c1-14-20(16(3)30-23-14)31(27,28)24-15(2)21(26)22-18-8-10-25(11-9-18)13-17-6-5-7-19(12-17)29-4/h5-7,12,15,18,24H,8-11,13H2,1-4H3,(H,22,26)/t15-/m0/s1. The van der Waals surface area contributed by atoms with Crippen LogP contribution in [0.3, 0.4) is 0 Å². The molecule has 0 unspecified atom stereocenters. The van der Waals surface area contributed by atoms with E-state index in [1.807, 2.05) is 18.2 Å². The van der Waals surface area contributed by atoms with Crippen molar-refractivity contribution in [1.29, 1.82) is 0 Å². The summed E-state index contributed by atoms with van der Waals surface area (Å²) >= 11 is 0. The Morgan fingerprint density at radius 2 is 2.03 bits per heavy atom. The molecule has 31 heavy (non-hydrogen) atoms. The van der Waals surface area contributed by atoms with Crippen molar-refractivity contribution in [3.05, 3.63) is 41.3 Å². The normalized spacial score (nSPS) is 16.8. The topological polar surface area (TPSA) is 114 Å². The maximum atomic E-state index is 12.6. The summed E-state index contributed by atoms with van der Waals surface area (Å²) in [6.45, 7) is 7.13. The highest BCUT2D eigenvalue weighted by molar-refractivity contribution is 7.89. The molecule has 1 aliphatic heterocycles. The van der Waals surface area contributed by atoms with E-state index in [2.05, 4.69) is 26.2 Å². The van der Waals surface area contributed by atoms with E-state index in [1.54, 1.807) is 14.0 Å². The molecule has 3 rings (SSSR count). The molecule has 1 aliphatic rings. The minimum Gasteiger partial charge on any atom is -0.497 e. The number of rotatable bonds is 8. The molecular formula is C21H30N4O5S. The summed E-state index contributed by atoms with van der Waals surface area (Å²) in [5.74, 6) is 0.690. The van der Waals surface area contributed by atoms with Gasteiger partial charge in [0.15, 0.2) is 5.76 Å². The Kier molecular flexibility index (Phi) is 7.34. The molecule has 2 heterocycles. The molecule has 170 valence electrons. The number of piperidine rings is 1. The van der Waals surface area contributed by atoms with Gasteiger partial charge in [-0.15, -0.1) is 0 Å². The third-order valence-corrected chi connectivity index (χ3v) is 7.22. The molecule has 0 aliphatic carbocycles. The van der Waals surface area contributed by atoms with Gasteiger partial charge in [-0.2, -0.15) is 4.72 Å². The van der Waals surface area contributed by atoms with Crippen LogP contribution in [0.5, 0.6) is 5.75 Å². The van der Waals surface area contributed by atoms with Gasteiger partial charge in [-0.25, -0.2) is 8.42 Å². The lowest BCUT2D eigenvalue weighted by Gasteiger charge is -2.33. The van der Waals surface area contributed by atoms with E-state index in [4.69, 9.17) is 9.26 Å². The zero-order valence-electron chi connectivity index (χ0n) is 18.3. The summed E-state index contributed by atoms with van der Waals surface area (Å²) in [5, 5.41) is 6.64. The summed E-state index contributed by atoms with van der Waals surface area (Å²) in [6.07, 6.45) is 1.61. The Morgan fingerprint density at radius 1 is 1.32 bits per heavy atom. The molecule has 0 saturated carbocycles. The average Bonchev–Trinajstić information content (AvgIpc) is 3.08. The Hall–Kier alpha value is -2.43. The highest BCUT2D eigenvalue weighted by Crippen LogP contribution is 2.20. The van der Waals surface area contributed by atoms with Crippen molar-refractivity contribution in [2.75, 3.05) is 20.2 Å². The summed E-state index contributed by atoms with van der Waals surface area (Å²) in [5.41, 5.74) is 1.45. The molecule has 0 radical (unpaired) electrons. The Labute approximate surface area is 183 Å². The van der Waals surface area contributed by atoms with Gasteiger partial charge in [0.1, 0.15) is 16.3 Å². The molecule has 1 amide bonds. The van der Waals surface area contributed by atoms with Crippen molar-refractivity contribution in [2.24, 2.45) is 0 Å². The van der Waals surface area contributed by atoms with Crippen molar-refractivity contribution < 1.29 is 22.5 Å². The van der Waals surface area contributed by atoms with Gasteiger partial charge in [0.2, 0.25) is 15.9 Å². The molecule has 0 spiro atoms. The summed E-state index contributed by atoms with van der Waals surface area (Å²) < 4.78 is 37.8. The number of carbonyl (C=O) groups is 1. The lowest BCUT2D eigenvalue weighted by Crippen LogP contribution is -2.51. The van der Waals surface area contributed by atoms with Crippen molar-refractivity contribution in [2.45, 2.75) is 57.1 Å². The molecule has 1 saturated heterocycles. The average molecular weight is 451 g/mol.